The molecule has 0 fully saturated rings. The van der Waals surface area contributed by atoms with E-state index in [0.717, 1.165) is 16.3 Å². The molecule has 6 aromatic rings. The summed E-state index contributed by atoms with van der Waals surface area (Å²) in [6, 6.07) is 40.9. The fourth-order valence-corrected chi connectivity index (χ4v) is 7.28. The summed E-state index contributed by atoms with van der Waals surface area (Å²) in [5.41, 5.74) is 3.06. The van der Waals surface area contributed by atoms with Crippen LogP contribution in [0.5, 0.6) is 0 Å². The minimum absolute atomic E-state index is 0.0564. The van der Waals surface area contributed by atoms with Crippen molar-refractivity contribution in [2.75, 3.05) is 10.6 Å². The summed E-state index contributed by atoms with van der Waals surface area (Å²) in [5.74, 6) is -1.86. The molecule has 1 atom stereocenters. The highest BCUT2D eigenvalue weighted by molar-refractivity contribution is 8.00. The molecule has 3 N–H and O–H groups in total. The van der Waals surface area contributed by atoms with Crippen LogP contribution in [0.2, 0.25) is 0 Å². The van der Waals surface area contributed by atoms with Crippen molar-refractivity contribution in [3.8, 4) is 0 Å². The zero-order valence-corrected chi connectivity index (χ0v) is 29.4. The first-order valence-corrected chi connectivity index (χ1v) is 17.9. The number of amides is 3. The van der Waals surface area contributed by atoms with Crippen molar-refractivity contribution in [1.82, 2.24) is 5.32 Å². The molecule has 1 unspecified atom stereocenters. The summed E-state index contributed by atoms with van der Waals surface area (Å²) in [7, 11) is 0. The third-order valence-electron chi connectivity index (χ3n) is 8.90. The Morgan fingerprint density at radius 3 is 2.13 bits per heavy atom. The Bertz CT molecular complexity index is 2450. The van der Waals surface area contributed by atoms with Crippen LogP contribution in [0.15, 0.2) is 150 Å². The molecule has 0 radical (unpaired) electrons. The van der Waals surface area contributed by atoms with Gasteiger partial charge in [-0.15, -0.1) is 11.8 Å². The van der Waals surface area contributed by atoms with Gasteiger partial charge in [-0.3, -0.25) is 24.0 Å². The van der Waals surface area contributed by atoms with Crippen LogP contribution in [-0.4, -0.2) is 34.5 Å². The van der Waals surface area contributed by atoms with Gasteiger partial charge in [-0.05, 0) is 65.2 Å². The van der Waals surface area contributed by atoms with Gasteiger partial charge in [-0.2, -0.15) is 0 Å². The normalized spacial score (nSPS) is 12.7. The molecule has 1 aliphatic carbocycles. The Balaban J connectivity index is 1.10. The van der Waals surface area contributed by atoms with E-state index in [1.165, 1.54) is 11.8 Å². The van der Waals surface area contributed by atoms with Gasteiger partial charge in [0.25, 0.3) is 11.8 Å². The monoisotopic (exact) mass is 715 g/mol. The minimum Gasteiger partial charge on any atom is -0.324 e. The quantitative estimate of drug-likeness (QED) is 0.0965. The lowest BCUT2D eigenvalue weighted by Gasteiger charge is -2.21. The van der Waals surface area contributed by atoms with E-state index in [2.05, 4.69) is 16.0 Å². The Morgan fingerprint density at radius 2 is 1.34 bits per heavy atom. The highest BCUT2D eigenvalue weighted by Gasteiger charge is 2.32. The molecule has 0 bridgehead atoms. The molecule has 0 aliphatic heterocycles. The van der Waals surface area contributed by atoms with Crippen LogP contribution in [-0.2, 0) is 9.59 Å². The molecule has 6 aromatic carbocycles. The molecule has 0 saturated heterocycles. The Labute approximate surface area is 310 Å². The lowest BCUT2D eigenvalue weighted by molar-refractivity contribution is -0.116. The van der Waals surface area contributed by atoms with Gasteiger partial charge in [-0.1, -0.05) is 110 Å². The predicted octanol–water partition coefficient (Wildman–Crippen LogP) is 8.53. The zero-order chi connectivity index (χ0) is 36.9. The van der Waals surface area contributed by atoms with Crippen LogP contribution in [0.1, 0.15) is 61.1 Å². The number of hydrogen-bond donors (Lipinski definition) is 3. The van der Waals surface area contributed by atoms with Crippen molar-refractivity contribution in [2.45, 2.75) is 23.5 Å². The smallest absolute Gasteiger partial charge is 0.272 e. The first kappa shape index (κ1) is 34.9. The minimum atomic E-state index is -0.564. The average Bonchev–Trinajstić information content (AvgIpc) is 3.19. The van der Waals surface area contributed by atoms with Crippen molar-refractivity contribution in [1.29, 1.82) is 0 Å². The standard InChI is InChI=1S/C44H33N3O5S/c1-2-38(44(52)46-36-24-12-23-35-39(36)41(49)34-22-9-8-21-33(34)40(35)48)53-31-19-11-18-30(26-31)45-43(51)37(47-42(50)28-14-4-3-5-15-28)25-29-17-10-16-27-13-6-7-20-32(27)29/h3-26,38H,2H2,1H3,(H,45,51)(H,46,52)(H,47,50)/b37-25+. The molecule has 53 heavy (non-hydrogen) atoms. The number of nitrogens with one attached hydrogen (secondary N) is 3. The number of carbonyl (C=O) groups excluding carboxylic acids is 5. The summed E-state index contributed by atoms with van der Waals surface area (Å²) >= 11 is 1.31. The summed E-state index contributed by atoms with van der Waals surface area (Å²) in [6.07, 6.45) is 2.12. The van der Waals surface area contributed by atoms with Crippen LogP contribution in [0.25, 0.3) is 16.8 Å². The number of carbonyl (C=O) groups is 5. The summed E-state index contributed by atoms with van der Waals surface area (Å²) in [5, 5.41) is 9.97. The van der Waals surface area contributed by atoms with E-state index >= 15 is 0 Å². The summed E-state index contributed by atoms with van der Waals surface area (Å²) in [4.78, 5) is 68.1. The van der Waals surface area contributed by atoms with E-state index in [1.54, 1.807) is 91.0 Å². The number of fused-ring (bicyclic) bond motifs is 3. The van der Waals surface area contributed by atoms with Gasteiger partial charge < -0.3 is 16.0 Å². The van der Waals surface area contributed by atoms with Gasteiger partial charge in [0, 0.05) is 32.8 Å². The van der Waals surface area contributed by atoms with Crippen molar-refractivity contribution in [3.63, 3.8) is 0 Å². The van der Waals surface area contributed by atoms with Gasteiger partial charge in [0.15, 0.2) is 11.6 Å². The highest BCUT2D eigenvalue weighted by Crippen LogP contribution is 2.34. The number of anilines is 2. The number of rotatable bonds is 10. The number of ketones is 2. The lowest BCUT2D eigenvalue weighted by atomic mass is 9.83. The molecule has 0 saturated carbocycles. The van der Waals surface area contributed by atoms with Gasteiger partial charge >= 0.3 is 0 Å². The molecule has 9 heteroatoms. The Hall–Kier alpha value is -6.58. The van der Waals surface area contributed by atoms with Crippen LogP contribution in [0.3, 0.4) is 0 Å². The highest BCUT2D eigenvalue weighted by atomic mass is 32.2. The van der Waals surface area contributed by atoms with E-state index in [-0.39, 0.29) is 40.0 Å². The third kappa shape index (κ3) is 7.42. The molecule has 260 valence electrons. The Morgan fingerprint density at radius 1 is 0.679 bits per heavy atom. The lowest BCUT2D eigenvalue weighted by Crippen LogP contribution is -2.30. The van der Waals surface area contributed by atoms with Crippen molar-refractivity contribution in [2.24, 2.45) is 0 Å². The molecule has 1 aliphatic rings. The largest absolute Gasteiger partial charge is 0.324 e. The molecule has 0 aromatic heterocycles. The van der Waals surface area contributed by atoms with Gasteiger partial charge in [0.1, 0.15) is 5.70 Å². The fourth-order valence-electron chi connectivity index (χ4n) is 6.27. The number of hydrogen-bond acceptors (Lipinski definition) is 6. The number of thioether (sulfide) groups is 1. The van der Waals surface area contributed by atoms with E-state index < -0.39 is 17.1 Å². The molecule has 7 rings (SSSR count). The second-order valence-electron chi connectivity index (χ2n) is 12.4. The molecule has 3 amide bonds. The molecule has 0 heterocycles. The molecule has 8 nitrogen and oxygen atoms in total. The van der Waals surface area contributed by atoms with Gasteiger partial charge in [0.05, 0.1) is 16.5 Å². The van der Waals surface area contributed by atoms with Crippen LogP contribution >= 0.6 is 11.8 Å². The fraction of sp³-hybridized carbons (Fsp3) is 0.0682. The Kier molecular flexibility index (Phi) is 10.1. The van der Waals surface area contributed by atoms with Crippen LogP contribution in [0, 0.1) is 0 Å². The zero-order valence-electron chi connectivity index (χ0n) is 28.6. The second kappa shape index (κ2) is 15.3. The predicted molar refractivity (Wildman–Crippen MR) is 209 cm³/mol. The average molecular weight is 716 g/mol. The second-order valence-corrected chi connectivity index (χ2v) is 13.6. The van der Waals surface area contributed by atoms with E-state index in [0.29, 0.717) is 33.7 Å². The van der Waals surface area contributed by atoms with Crippen LogP contribution in [0.4, 0.5) is 11.4 Å². The first-order valence-electron chi connectivity index (χ1n) is 17.1. The number of benzene rings is 6. The van der Waals surface area contributed by atoms with E-state index in [4.69, 9.17) is 0 Å². The maximum absolute atomic E-state index is 13.8. The van der Waals surface area contributed by atoms with Crippen molar-refractivity contribution >= 4 is 69.3 Å². The molecule has 0 spiro atoms. The summed E-state index contributed by atoms with van der Waals surface area (Å²) in [6.45, 7) is 1.88. The molecular weight excluding hydrogens is 683 g/mol. The van der Waals surface area contributed by atoms with E-state index in [9.17, 15) is 24.0 Å². The third-order valence-corrected chi connectivity index (χ3v) is 10.3. The summed E-state index contributed by atoms with van der Waals surface area (Å²) < 4.78 is 0. The van der Waals surface area contributed by atoms with Crippen molar-refractivity contribution in [3.05, 3.63) is 179 Å². The topological polar surface area (TPSA) is 121 Å². The van der Waals surface area contributed by atoms with Crippen LogP contribution < -0.4 is 16.0 Å². The maximum atomic E-state index is 13.8. The van der Waals surface area contributed by atoms with Gasteiger partial charge in [0.2, 0.25) is 5.91 Å². The van der Waals surface area contributed by atoms with Crippen molar-refractivity contribution < 1.29 is 24.0 Å². The van der Waals surface area contributed by atoms with Gasteiger partial charge in [-0.25, -0.2) is 0 Å². The maximum Gasteiger partial charge on any atom is 0.272 e. The molecular formula is C44H33N3O5S. The first-order chi connectivity index (χ1) is 25.8. The van der Waals surface area contributed by atoms with E-state index in [1.807, 2.05) is 61.5 Å². The SMILES string of the molecule is CCC(Sc1cccc(NC(=O)/C(=C\c2cccc3ccccc23)NC(=O)c2ccccc2)c1)C(=O)Nc1cccc2c1C(=O)c1ccccc1C2=O.